The summed E-state index contributed by atoms with van der Waals surface area (Å²) in [5, 5.41) is 21.0. The molecule has 1 aliphatic rings. The molecule has 28 heavy (non-hydrogen) atoms. The Balaban J connectivity index is 1.35. The van der Waals surface area contributed by atoms with Gasteiger partial charge < -0.3 is 20.7 Å². The van der Waals surface area contributed by atoms with Gasteiger partial charge in [0.2, 0.25) is 0 Å². The van der Waals surface area contributed by atoms with Crippen LogP contribution in [0.15, 0.2) is 41.3 Å². The zero-order chi connectivity index (χ0) is 19.3. The molecule has 0 aliphatic carbocycles. The van der Waals surface area contributed by atoms with Crippen molar-refractivity contribution in [1.29, 1.82) is 0 Å². The highest BCUT2D eigenvalue weighted by atomic mass is 32.2. The molecule has 4 N–H and O–H groups in total. The molecule has 0 amide bonds. The van der Waals surface area contributed by atoms with Crippen LogP contribution in [0.4, 0.5) is 5.82 Å². The second-order valence-electron chi connectivity index (χ2n) is 6.39. The number of nitrogen functional groups attached to an aromatic ring is 1. The summed E-state index contributed by atoms with van der Waals surface area (Å²) in [6, 6.07) is 7.92. The standard InChI is InChI=1S/C17H16N6O3S2/c18-14-11-15(20-6-19-14)23(7-21-11)16-13(25)12(24)9(26-16)5-27-17-22-8-3-1-2-4-10(8)28-17/h1-4,6-7,9,12-13,16,24-25H,5H2,(H2,18,19,20)/t9-,12-,13-,16-/m1/s1. The maximum atomic E-state index is 10.5. The lowest BCUT2D eigenvalue weighted by Crippen LogP contribution is -2.32. The third-order valence-corrected chi connectivity index (χ3v) is 6.91. The summed E-state index contributed by atoms with van der Waals surface area (Å²) < 4.78 is 9.53. The van der Waals surface area contributed by atoms with Crippen molar-refractivity contribution in [2.75, 3.05) is 11.5 Å². The first-order valence-corrected chi connectivity index (χ1v) is 10.3. The molecule has 1 saturated heterocycles. The van der Waals surface area contributed by atoms with Crippen molar-refractivity contribution in [1.82, 2.24) is 24.5 Å². The number of aliphatic hydroxyl groups is 2. The van der Waals surface area contributed by atoms with Gasteiger partial charge in [-0.25, -0.2) is 19.9 Å². The van der Waals surface area contributed by atoms with Gasteiger partial charge >= 0.3 is 0 Å². The Hall–Kier alpha value is -2.31. The summed E-state index contributed by atoms with van der Waals surface area (Å²) in [7, 11) is 0. The quantitative estimate of drug-likeness (QED) is 0.423. The van der Waals surface area contributed by atoms with E-state index in [-0.39, 0.29) is 5.82 Å². The largest absolute Gasteiger partial charge is 0.387 e. The van der Waals surface area contributed by atoms with Crippen LogP contribution in [0.5, 0.6) is 0 Å². The number of para-hydroxylation sites is 1. The first-order valence-electron chi connectivity index (χ1n) is 8.55. The fourth-order valence-corrected chi connectivity index (χ4v) is 5.37. The maximum Gasteiger partial charge on any atom is 0.167 e. The van der Waals surface area contributed by atoms with Crippen molar-refractivity contribution >= 4 is 50.3 Å². The number of hydrogen-bond acceptors (Lipinski definition) is 10. The molecule has 4 atom stereocenters. The van der Waals surface area contributed by atoms with Crippen LogP contribution in [0.2, 0.25) is 0 Å². The van der Waals surface area contributed by atoms with Gasteiger partial charge in [0.05, 0.1) is 22.6 Å². The summed E-state index contributed by atoms with van der Waals surface area (Å²) in [5.41, 5.74) is 7.64. The van der Waals surface area contributed by atoms with Crippen LogP contribution in [-0.2, 0) is 4.74 Å². The van der Waals surface area contributed by atoms with Crippen LogP contribution < -0.4 is 5.73 Å². The molecule has 11 heteroatoms. The predicted octanol–water partition coefficient (Wildman–Crippen LogP) is 1.43. The molecule has 0 radical (unpaired) electrons. The molecule has 5 rings (SSSR count). The second kappa shape index (κ2) is 6.94. The van der Waals surface area contributed by atoms with Gasteiger partial charge in [-0.2, -0.15) is 0 Å². The maximum absolute atomic E-state index is 10.5. The number of ether oxygens (including phenoxy) is 1. The molecule has 0 bridgehead atoms. The van der Waals surface area contributed by atoms with Crippen molar-refractivity contribution in [2.24, 2.45) is 0 Å². The van der Waals surface area contributed by atoms with Crippen LogP contribution in [0, 0.1) is 0 Å². The smallest absolute Gasteiger partial charge is 0.167 e. The Kier molecular flexibility index (Phi) is 4.40. The van der Waals surface area contributed by atoms with E-state index < -0.39 is 24.5 Å². The number of benzene rings is 1. The summed E-state index contributed by atoms with van der Waals surface area (Å²) in [5.74, 6) is 0.706. The minimum Gasteiger partial charge on any atom is -0.387 e. The number of nitrogens with zero attached hydrogens (tertiary/aromatic N) is 5. The van der Waals surface area contributed by atoms with Crippen molar-refractivity contribution in [2.45, 2.75) is 28.9 Å². The Morgan fingerprint density at radius 3 is 2.89 bits per heavy atom. The van der Waals surface area contributed by atoms with Gasteiger partial charge in [-0.1, -0.05) is 23.9 Å². The predicted molar refractivity (Wildman–Crippen MR) is 106 cm³/mol. The van der Waals surface area contributed by atoms with Gasteiger partial charge in [0.1, 0.15) is 24.1 Å². The highest BCUT2D eigenvalue weighted by Gasteiger charge is 2.44. The van der Waals surface area contributed by atoms with Gasteiger partial charge in [-0.15, -0.1) is 11.3 Å². The number of imidazole rings is 1. The zero-order valence-electron chi connectivity index (χ0n) is 14.4. The van der Waals surface area contributed by atoms with Gasteiger partial charge in [0, 0.05) is 5.75 Å². The zero-order valence-corrected chi connectivity index (χ0v) is 16.0. The first kappa shape index (κ1) is 17.8. The average molecular weight is 416 g/mol. The van der Waals surface area contributed by atoms with Crippen LogP contribution in [0.3, 0.4) is 0 Å². The molecule has 0 unspecified atom stereocenters. The number of aliphatic hydroxyl groups excluding tert-OH is 2. The van der Waals surface area contributed by atoms with E-state index in [0.717, 1.165) is 14.6 Å². The van der Waals surface area contributed by atoms with Crippen molar-refractivity contribution in [3.05, 3.63) is 36.9 Å². The molecule has 3 aromatic heterocycles. The van der Waals surface area contributed by atoms with Crippen LogP contribution in [-0.4, -0.2) is 58.8 Å². The lowest BCUT2D eigenvalue weighted by atomic mass is 10.1. The van der Waals surface area contributed by atoms with E-state index in [1.807, 2.05) is 24.3 Å². The second-order valence-corrected chi connectivity index (χ2v) is 8.69. The molecule has 0 saturated carbocycles. The number of anilines is 1. The number of hydrogen-bond donors (Lipinski definition) is 3. The van der Waals surface area contributed by atoms with Gasteiger partial charge in [-0.05, 0) is 12.1 Å². The molecule has 1 aromatic carbocycles. The minimum atomic E-state index is -1.12. The molecular formula is C17H16N6O3S2. The van der Waals surface area contributed by atoms with E-state index in [1.165, 1.54) is 24.4 Å². The van der Waals surface area contributed by atoms with Crippen molar-refractivity contribution in [3.8, 4) is 0 Å². The number of aromatic nitrogens is 5. The summed E-state index contributed by atoms with van der Waals surface area (Å²) in [6.07, 6.45) is -0.713. The molecule has 0 spiro atoms. The Bertz CT molecular complexity index is 1120. The molecule has 9 nitrogen and oxygen atoms in total. The van der Waals surface area contributed by atoms with Gasteiger partial charge in [-0.3, -0.25) is 4.57 Å². The number of thiazole rings is 1. The monoisotopic (exact) mass is 416 g/mol. The van der Waals surface area contributed by atoms with E-state index in [2.05, 4.69) is 19.9 Å². The van der Waals surface area contributed by atoms with E-state index in [4.69, 9.17) is 10.5 Å². The number of thioether (sulfide) groups is 1. The highest BCUT2D eigenvalue weighted by molar-refractivity contribution is 8.01. The average Bonchev–Trinajstić information content (AvgIpc) is 3.38. The van der Waals surface area contributed by atoms with Crippen molar-refractivity contribution < 1.29 is 14.9 Å². The van der Waals surface area contributed by atoms with E-state index in [1.54, 1.807) is 15.9 Å². The number of rotatable bonds is 4. The van der Waals surface area contributed by atoms with Crippen LogP contribution in [0.1, 0.15) is 6.23 Å². The lowest BCUT2D eigenvalue weighted by Gasteiger charge is -2.16. The Morgan fingerprint density at radius 1 is 1.18 bits per heavy atom. The molecule has 1 aliphatic heterocycles. The molecule has 1 fully saturated rings. The summed E-state index contributed by atoms with van der Waals surface area (Å²) in [4.78, 5) is 16.8. The van der Waals surface area contributed by atoms with Crippen LogP contribution in [0.25, 0.3) is 21.4 Å². The Morgan fingerprint density at radius 2 is 2.04 bits per heavy atom. The topological polar surface area (TPSA) is 132 Å². The molecule has 144 valence electrons. The highest BCUT2D eigenvalue weighted by Crippen LogP contribution is 2.36. The SMILES string of the molecule is Nc1ncnc2c1ncn2[C@@H]1O[C@H](CSc2nc3ccccc3s2)[C@@H](O)[C@H]1O. The minimum absolute atomic E-state index is 0.250. The molecular weight excluding hydrogens is 400 g/mol. The summed E-state index contributed by atoms with van der Waals surface area (Å²) in [6.45, 7) is 0. The lowest BCUT2D eigenvalue weighted by molar-refractivity contribution is -0.0289. The third-order valence-electron chi connectivity index (χ3n) is 4.64. The third kappa shape index (κ3) is 2.91. The molecule has 4 heterocycles. The first-order chi connectivity index (χ1) is 13.6. The fourth-order valence-electron chi connectivity index (χ4n) is 3.22. The number of nitrogens with two attached hydrogens (primary N) is 1. The Labute approximate surface area is 167 Å². The normalized spacial score (nSPS) is 25.1. The summed E-state index contributed by atoms with van der Waals surface area (Å²) >= 11 is 3.09. The van der Waals surface area contributed by atoms with Crippen molar-refractivity contribution in [3.63, 3.8) is 0 Å². The van der Waals surface area contributed by atoms with Gasteiger partial charge in [0.15, 0.2) is 22.0 Å². The number of fused-ring (bicyclic) bond motifs is 2. The van der Waals surface area contributed by atoms with Crippen LogP contribution >= 0.6 is 23.1 Å². The van der Waals surface area contributed by atoms with E-state index in [0.29, 0.717) is 16.9 Å². The van der Waals surface area contributed by atoms with Gasteiger partial charge in [0.25, 0.3) is 0 Å². The van der Waals surface area contributed by atoms with E-state index in [9.17, 15) is 10.2 Å². The fraction of sp³-hybridized carbons (Fsp3) is 0.294. The molecule has 4 aromatic rings. The van der Waals surface area contributed by atoms with E-state index >= 15 is 0 Å².